The maximum atomic E-state index is 10.8. The lowest BCUT2D eigenvalue weighted by atomic mass is 10.8. The highest BCUT2D eigenvalue weighted by Crippen LogP contribution is 2.45. The fraction of sp³-hybridized carbons (Fsp3) is 0.800. The maximum Gasteiger partial charge on any atom is 0.336 e. The van der Waals surface area contributed by atoms with Gasteiger partial charge in [-0.2, -0.15) is 0 Å². The van der Waals surface area contributed by atoms with Crippen molar-refractivity contribution in [3.8, 4) is 0 Å². The van der Waals surface area contributed by atoms with Crippen LogP contribution in [-0.4, -0.2) is 34.2 Å². The van der Waals surface area contributed by atoms with E-state index in [1.807, 2.05) is 0 Å². The summed E-state index contributed by atoms with van der Waals surface area (Å²) in [6.07, 6.45) is 0. The van der Waals surface area contributed by atoms with Crippen LogP contribution in [0, 0.1) is 0 Å². The normalized spacial score (nSPS) is 15.8. The topological polar surface area (TPSA) is 94.8 Å². The van der Waals surface area contributed by atoms with Crippen molar-refractivity contribution < 1.29 is 24.3 Å². The Hall–Kier alpha value is -0.163. The first-order valence-electron chi connectivity index (χ1n) is 3.35. The number of carboxylic acid groups (broad SMARTS) is 1. The molecule has 0 rings (SSSR count). The predicted octanol–water partition coefficient (Wildman–Crippen LogP) is 0.495. The third-order valence-corrected chi connectivity index (χ3v) is 7.50. The zero-order valence-corrected chi connectivity index (χ0v) is 9.08. The van der Waals surface area contributed by atoms with Gasteiger partial charge in [0.2, 0.25) is 0 Å². The molecule has 12 heavy (non-hydrogen) atoms. The van der Waals surface area contributed by atoms with Gasteiger partial charge in [0, 0.05) is 0 Å². The van der Waals surface area contributed by atoms with Gasteiger partial charge < -0.3 is 14.9 Å². The summed E-state index contributed by atoms with van der Waals surface area (Å²) in [5.41, 5.74) is 0. The molecule has 0 heterocycles. The second kappa shape index (κ2) is 3.30. The summed E-state index contributed by atoms with van der Waals surface area (Å²) in [6.45, 7) is 4.85. The average molecular weight is 212 g/mol. The molecule has 0 aliphatic rings. The molecule has 0 bridgehead atoms. The van der Waals surface area contributed by atoms with Gasteiger partial charge in [-0.3, -0.25) is 9.36 Å². The number of aliphatic carboxylic acids is 1. The summed E-state index contributed by atoms with van der Waals surface area (Å²) in [5, 5.41) is 7.09. The highest BCUT2D eigenvalue weighted by molar-refractivity contribution is 7.57. The minimum absolute atomic E-state index is 1.40. The van der Waals surface area contributed by atoms with E-state index in [2.05, 4.69) is 0 Å². The van der Waals surface area contributed by atoms with E-state index in [1.54, 1.807) is 19.6 Å². The molecule has 0 fully saturated rings. The van der Waals surface area contributed by atoms with Gasteiger partial charge in [0.25, 0.3) is 0 Å². The minimum Gasteiger partial charge on any atom is -0.481 e. The first-order chi connectivity index (χ1) is 5.07. The van der Waals surface area contributed by atoms with Crippen molar-refractivity contribution in [3.05, 3.63) is 0 Å². The Balaban J connectivity index is 4.96. The van der Waals surface area contributed by atoms with Crippen LogP contribution in [0.4, 0.5) is 0 Å². The largest absolute Gasteiger partial charge is 0.481 e. The molecule has 0 aromatic carbocycles. The zero-order chi connectivity index (χ0) is 10.2. The highest BCUT2D eigenvalue weighted by Gasteiger charge is 2.45. The number of hydrogen-bond donors (Lipinski definition) is 3. The molecule has 72 valence electrons. The van der Waals surface area contributed by atoms with E-state index < -0.39 is 26.9 Å². The monoisotopic (exact) mass is 212 g/mol. The van der Waals surface area contributed by atoms with Crippen molar-refractivity contribution in [1.29, 1.82) is 0 Å². The van der Waals surface area contributed by atoms with E-state index in [0.717, 1.165) is 0 Å². The third-order valence-electron chi connectivity index (χ3n) is 1.39. The van der Waals surface area contributed by atoms with E-state index >= 15 is 0 Å². The smallest absolute Gasteiger partial charge is 0.336 e. The van der Waals surface area contributed by atoms with E-state index in [1.165, 1.54) is 0 Å². The van der Waals surface area contributed by atoms with E-state index in [4.69, 9.17) is 14.9 Å². The number of hydrogen-bond acceptors (Lipinski definition) is 2. The molecule has 1 unspecified atom stereocenters. The molecule has 0 aromatic rings. The highest BCUT2D eigenvalue weighted by atomic mass is 31.2. The van der Waals surface area contributed by atoms with Crippen molar-refractivity contribution in [2.75, 3.05) is 0 Å². The van der Waals surface area contributed by atoms with Gasteiger partial charge in [-0.15, -0.1) is 0 Å². The molecule has 0 spiro atoms. The van der Waals surface area contributed by atoms with Crippen LogP contribution >= 0.6 is 7.60 Å². The number of rotatable bonds is 3. The van der Waals surface area contributed by atoms with Crippen molar-refractivity contribution in [3.63, 3.8) is 0 Å². The molecule has 0 saturated carbocycles. The molecule has 0 aliphatic carbocycles. The van der Waals surface area contributed by atoms with Crippen molar-refractivity contribution in [2.45, 2.75) is 24.9 Å². The van der Waals surface area contributed by atoms with E-state index in [0.29, 0.717) is 0 Å². The summed E-state index contributed by atoms with van der Waals surface area (Å²) in [4.78, 5) is 28.0. The Kier molecular flexibility index (Phi) is 3.25. The maximum absolute atomic E-state index is 10.8. The average Bonchev–Trinajstić information content (AvgIpc) is 1.49. The lowest BCUT2D eigenvalue weighted by Crippen LogP contribution is -2.43. The lowest BCUT2D eigenvalue weighted by molar-refractivity contribution is -0.135. The third kappa shape index (κ3) is 3.06. The molecule has 7 heteroatoms. The Bertz CT molecular complexity index is 226. The molecule has 3 N–H and O–H groups in total. The summed E-state index contributed by atoms with van der Waals surface area (Å²) >= 11 is 0. The SMILES string of the molecule is C[Si](C)(C)C(C(=O)O)P(=O)(O)O. The standard InChI is InChI=1S/C5H13O5PSi/c1-12(2,3)5(4(6)7)11(8,9)10/h5H,1-3H3,(H,6,7)(H2,8,9,10). The number of carbonyl (C=O) groups is 1. The van der Waals surface area contributed by atoms with Crippen LogP contribution in [-0.2, 0) is 9.36 Å². The fourth-order valence-electron chi connectivity index (χ4n) is 1.02. The molecule has 5 nitrogen and oxygen atoms in total. The Morgan fingerprint density at radius 1 is 1.33 bits per heavy atom. The number of carboxylic acids is 1. The van der Waals surface area contributed by atoms with Gasteiger partial charge >= 0.3 is 13.6 Å². The minimum atomic E-state index is -4.49. The Labute approximate surface area is 71.6 Å². The van der Waals surface area contributed by atoms with Crippen LogP contribution in [0.1, 0.15) is 0 Å². The van der Waals surface area contributed by atoms with Crippen molar-refractivity contribution in [1.82, 2.24) is 0 Å². The fourth-order valence-corrected chi connectivity index (χ4v) is 6.08. The molecular weight excluding hydrogens is 199 g/mol. The van der Waals surface area contributed by atoms with Gasteiger partial charge in [-0.1, -0.05) is 19.6 Å². The molecule has 0 amide bonds. The summed E-state index contributed by atoms with van der Waals surface area (Å²) in [6, 6.07) is 0. The quantitative estimate of drug-likeness (QED) is 0.467. The lowest BCUT2D eigenvalue weighted by Gasteiger charge is -2.25. The molecule has 0 aliphatic heterocycles. The zero-order valence-electron chi connectivity index (χ0n) is 7.18. The van der Waals surface area contributed by atoms with Crippen molar-refractivity contribution >= 4 is 21.6 Å². The summed E-state index contributed by atoms with van der Waals surface area (Å²) < 4.78 is 10.8. The van der Waals surface area contributed by atoms with Gasteiger partial charge in [0.05, 0.1) is 8.07 Å². The van der Waals surface area contributed by atoms with Crippen molar-refractivity contribution in [2.24, 2.45) is 0 Å². The van der Waals surface area contributed by atoms with Crippen LogP contribution in [0.15, 0.2) is 0 Å². The van der Waals surface area contributed by atoms with Gasteiger partial charge in [-0.25, -0.2) is 0 Å². The second-order valence-corrected chi connectivity index (χ2v) is 11.2. The summed E-state index contributed by atoms with van der Waals surface area (Å²) in [5.74, 6) is -1.40. The van der Waals surface area contributed by atoms with Gasteiger partial charge in [0.15, 0.2) is 0 Å². The van der Waals surface area contributed by atoms with Crippen LogP contribution in [0.2, 0.25) is 19.6 Å². The van der Waals surface area contributed by atoms with Crippen LogP contribution < -0.4 is 0 Å². The first kappa shape index (κ1) is 11.8. The Morgan fingerprint density at radius 2 is 1.67 bits per heavy atom. The summed E-state index contributed by atoms with van der Waals surface area (Å²) in [7, 11) is -6.84. The van der Waals surface area contributed by atoms with Crippen LogP contribution in [0.5, 0.6) is 0 Å². The first-order valence-corrected chi connectivity index (χ1v) is 8.60. The molecule has 0 radical (unpaired) electrons. The van der Waals surface area contributed by atoms with E-state index in [9.17, 15) is 9.36 Å². The van der Waals surface area contributed by atoms with Crippen LogP contribution in [0.3, 0.4) is 0 Å². The molecule has 1 atom stereocenters. The van der Waals surface area contributed by atoms with E-state index in [-0.39, 0.29) is 0 Å². The molecular formula is C5H13O5PSi. The van der Waals surface area contributed by atoms with Gasteiger partial charge in [0.1, 0.15) is 5.28 Å². The molecule has 0 aromatic heterocycles. The second-order valence-electron chi connectivity index (χ2n) is 3.70. The Morgan fingerprint density at radius 3 is 1.67 bits per heavy atom. The predicted molar refractivity (Wildman–Crippen MR) is 46.8 cm³/mol. The van der Waals surface area contributed by atoms with Crippen LogP contribution in [0.25, 0.3) is 0 Å². The molecule has 0 saturated heterocycles. The van der Waals surface area contributed by atoms with Gasteiger partial charge in [-0.05, 0) is 0 Å².